The third-order valence-corrected chi connectivity index (χ3v) is 3.36. The third kappa shape index (κ3) is 12.5. The van der Waals surface area contributed by atoms with E-state index in [1.807, 2.05) is 0 Å². The zero-order chi connectivity index (χ0) is 11.6. The molecule has 0 aliphatic carbocycles. The predicted molar refractivity (Wildman–Crippen MR) is 69.0 cm³/mol. The van der Waals surface area contributed by atoms with Crippen LogP contribution in [0.2, 0.25) is 0 Å². The summed E-state index contributed by atoms with van der Waals surface area (Å²) in [5.74, 6) is 0. The van der Waals surface area contributed by atoms with Gasteiger partial charge in [0.2, 0.25) is 0 Å². The Morgan fingerprint density at radius 3 is 1.82 bits per heavy atom. The van der Waals surface area contributed by atoms with E-state index in [0.717, 1.165) is 6.61 Å². The van der Waals surface area contributed by atoms with Gasteiger partial charge < -0.3 is 22.0 Å². The molecule has 1 rings (SSSR count). The van der Waals surface area contributed by atoms with Gasteiger partial charge in [0.1, 0.15) is 0 Å². The number of ether oxygens (including phenoxy) is 1. The van der Waals surface area contributed by atoms with Crippen LogP contribution in [0.15, 0.2) is 0 Å². The highest BCUT2D eigenvalue weighted by Crippen LogP contribution is 2.18. The lowest BCUT2D eigenvalue weighted by Crippen LogP contribution is -3.05. The van der Waals surface area contributed by atoms with Crippen LogP contribution in [0.5, 0.6) is 0 Å². The molecule has 0 aromatic heterocycles. The molecule has 3 heteroatoms. The minimum absolute atomic E-state index is 0. The first kappa shape index (κ1) is 17.2. The predicted octanol–water partition coefficient (Wildman–Crippen LogP) is -0.955. The lowest BCUT2D eigenvalue weighted by molar-refractivity contribution is -0.858. The molecule has 1 heterocycles. The van der Waals surface area contributed by atoms with Crippen molar-refractivity contribution < 1.29 is 22.0 Å². The topological polar surface area (TPSA) is 17.0 Å². The van der Waals surface area contributed by atoms with E-state index in [1.165, 1.54) is 64.3 Å². The van der Waals surface area contributed by atoms with Crippen molar-refractivity contribution >= 4 is 0 Å². The van der Waals surface area contributed by atoms with Crippen LogP contribution < -0.4 is 17.3 Å². The first-order valence-electron chi connectivity index (χ1n) is 7.19. The van der Waals surface area contributed by atoms with Crippen LogP contribution in [0, 0.1) is 0 Å². The fraction of sp³-hybridized carbons (Fsp3) is 1.00. The van der Waals surface area contributed by atoms with Crippen LogP contribution >= 0.6 is 0 Å². The first-order valence-corrected chi connectivity index (χ1v) is 7.19. The highest BCUT2D eigenvalue weighted by molar-refractivity contribution is 4.68. The Labute approximate surface area is 114 Å². The van der Waals surface area contributed by atoms with Crippen molar-refractivity contribution in [3.8, 4) is 0 Å². The molecule has 1 atom stereocenters. The van der Waals surface area contributed by atoms with E-state index < -0.39 is 0 Å². The molecule has 0 bridgehead atoms. The van der Waals surface area contributed by atoms with Gasteiger partial charge in [0.15, 0.2) is 0 Å². The average molecular weight is 264 g/mol. The quantitative estimate of drug-likeness (QED) is 0.376. The molecule has 2 nitrogen and oxygen atoms in total. The van der Waals surface area contributed by atoms with E-state index in [9.17, 15) is 0 Å². The summed E-state index contributed by atoms with van der Waals surface area (Å²) in [6, 6.07) is 0. The maximum absolute atomic E-state index is 5.20. The third-order valence-electron chi connectivity index (χ3n) is 3.36. The van der Waals surface area contributed by atoms with Gasteiger partial charge in [-0.25, -0.2) is 0 Å². The largest absolute Gasteiger partial charge is 1.00 e. The Kier molecular flexibility index (Phi) is 11.4. The summed E-state index contributed by atoms with van der Waals surface area (Å²) in [4.78, 5) is 1.59. The van der Waals surface area contributed by atoms with E-state index >= 15 is 0 Å². The highest BCUT2D eigenvalue weighted by Gasteiger charge is 2.20. The van der Waals surface area contributed by atoms with Crippen LogP contribution in [0.25, 0.3) is 0 Å². The van der Waals surface area contributed by atoms with Gasteiger partial charge in [-0.3, -0.25) is 0 Å². The van der Waals surface area contributed by atoms with E-state index in [4.69, 9.17) is 4.74 Å². The Hall–Kier alpha value is 0.210. The molecule has 1 aliphatic rings. The summed E-state index contributed by atoms with van der Waals surface area (Å²) in [5.41, 5.74) is 0. The second-order valence-electron chi connectivity index (χ2n) is 5.53. The molecular formula is C14H30ClNO. The number of nitrogens with one attached hydrogen (secondary N) is 1. The minimum Gasteiger partial charge on any atom is -1.00 e. The average Bonchev–Trinajstić information content (AvgIpc) is 3.04. The Morgan fingerprint density at radius 2 is 1.35 bits per heavy atom. The maximum Gasteiger partial charge on any atom is 0.0810 e. The highest BCUT2D eigenvalue weighted by atomic mass is 35.5. The number of halogens is 1. The lowest BCUT2D eigenvalue weighted by atomic mass is 10.1. The van der Waals surface area contributed by atoms with Gasteiger partial charge in [-0.05, 0) is 19.3 Å². The van der Waals surface area contributed by atoms with E-state index in [1.54, 1.807) is 4.90 Å². The van der Waals surface area contributed by atoms with Gasteiger partial charge >= 0.3 is 0 Å². The second-order valence-corrected chi connectivity index (χ2v) is 5.53. The van der Waals surface area contributed by atoms with E-state index in [2.05, 4.69) is 14.1 Å². The van der Waals surface area contributed by atoms with Crippen molar-refractivity contribution in [2.45, 2.75) is 63.9 Å². The lowest BCUT2D eigenvalue weighted by Gasteiger charge is -2.06. The van der Waals surface area contributed by atoms with Crippen LogP contribution in [0.4, 0.5) is 0 Å². The monoisotopic (exact) mass is 263 g/mol. The van der Waals surface area contributed by atoms with Crippen LogP contribution in [-0.4, -0.2) is 33.4 Å². The van der Waals surface area contributed by atoms with Gasteiger partial charge in [0.05, 0.1) is 33.4 Å². The summed E-state index contributed by atoms with van der Waals surface area (Å²) in [7, 11) is 4.48. The SMILES string of the molecule is C[NH+](C)CCCCCCCCCCC1CO1.[Cl-]. The van der Waals surface area contributed by atoms with Crippen molar-refractivity contribution in [3.05, 3.63) is 0 Å². The number of rotatable bonds is 11. The zero-order valence-electron chi connectivity index (χ0n) is 11.6. The standard InChI is InChI=1S/C14H29NO.ClH/c1-15(2)12-10-8-6-4-3-5-7-9-11-14-13-16-14;/h14H,3-13H2,1-2H3;1H. The number of unbranched alkanes of at least 4 members (excludes halogenated alkanes) is 7. The Bertz CT molecular complexity index is 150. The Morgan fingerprint density at radius 1 is 0.882 bits per heavy atom. The molecule has 104 valence electrons. The molecule has 0 aromatic carbocycles. The molecule has 1 N–H and O–H groups in total. The van der Waals surface area contributed by atoms with E-state index in [-0.39, 0.29) is 12.4 Å². The van der Waals surface area contributed by atoms with Gasteiger partial charge in [0.25, 0.3) is 0 Å². The first-order chi connectivity index (χ1) is 7.79. The van der Waals surface area contributed by atoms with Crippen LogP contribution in [-0.2, 0) is 4.74 Å². The zero-order valence-corrected chi connectivity index (χ0v) is 12.4. The smallest absolute Gasteiger partial charge is 0.0810 e. The van der Waals surface area contributed by atoms with Crippen molar-refractivity contribution in [3.63, 3.8) is 0 Å². The van der Waals surface area contributed by atoms with Gasteiger partial charge in [-0.2, -0.15) is 0 Å². The summed E-state index contributed by atoms with van der Waals surface area (Å²) >= 11 is 0. The molecule has 1 unspecified atom stereocenters. The molecule has 1 fully saturated rings. The maximum atomic E-state index is 5.20. The minimum atomic E-state index is 0. The van der Waals surface area contributed by atoms with Crippen molar-refractivity contribution in [2.24, 2.45) is 0 Å². The number of hydrogen-bond acceptors (Lipinski definition) is 1. The Balaban J connectivity index is 0.00000256. The molecule has 0 aromatic rings. The molecule has 1 aliphatic heterocycles. The van der Waals surface area contributed by atoms with Crippen molar-refractivity contribution in [1.82, 2.24) is 0 Å². The second kappa shape index (κ2) is 11.3. The number of quaternary nitrogens is 1. The van der Waals surface area contributed by atoms with E-state index in [0.29, 0.717) is 6.10 Å². The molecular weight excluding hydrogens is 234 g/mol. The molecule has 1 saturated heterocycles. The van der Waals surface area contributed by atoms with Gasteiger partial charge in [-0.15, -0.1) is 0 Å². The molecule has 0 amide bonds. The fourth-order valence-electron chi connectivity index (χ4n) is 2.15. The van der Waals surface area contributed by atoms with Gasteiger partial charge in [-0.1, -0.05) is 38.5 Å². The summed E-state index contributed by atoms with van der Waals surface area (Å²) in [6.07, 6.45) is 13.4. The summed E-state index contributed by atoms with van der Waals surface area (Å²) < 4.78 is 5.20. The van der Waals surface area contributed by atoms with Crippen molar-refractivity contribution in [1.29, 1.82) is 0 Å². The summed E-state index contributed by atoms with van der Waals surface area (Å²) in [5, 5.41) is 0. The molecule has 0 radical (unpaired) electrons. The molecule has 17 heavy (non-hydrogen) atoms. The number of epoxide rings is 1. The van der Waals surface area contributed by atoms with Gasteiger partial charge in [0, 0.05) is 0 Å². The number of hydrogen-bond donors (Lipinski definition) is 1. The normalized spacial score (nSPS) is 18.2. The fourth-order valence-corrected chi connectivity index (χ4v) is 2.15. The summed E-state index contributed by atoms with van der Waals surface area (Å²) in [6.45, 7) is 2.37. The van der Waals surface area contributed by atoms with Crippen molar-refractivity contribution in [2.75, 3.05) is 27.2 Å². The van der Waals surface area contributed by atoms with Crippen LogP contribution in [0.3, 0.4) is 0 Å². The van der Waals surface area contributed by atoms with Crippen LogP contribution in [0.1, 0.15) is 57.8 Å². The molecule has 0 saturated carbocycles. The molecule has 0 spiro atoms.